The molecule has 1 aliphatic carbocycles. The van der Waals surface area contributed by atoms with Gasteiger partial charge in [-0.3, -0.25) is 4.79 Å². The molecule has 3 rings (SSSR count). The van der Waals surface area contributed by atoms with Crippen molar-refractivity contribution >= 4 is 12.1 Å². The van der Waals surface area contributed by atoms with E-state index in [1.165, 1.54) is 0 Å². The Morgan fingerprint density at radius 3 is 2.52 bits per heavy atom. The number of aromatic nitrogens is 1. The van der Waals surface area contributed by atoms with Crippen molar-refractivity contribution in [3.8, 4) is 17.1 Å². The second-order valence-corrected chi connectivity index (χ2v) is 5.21. The van der Waals surface area contributed by atoms with Crippen LogP contribution < -0.4 is 10.1 Å². The summed E-state index contributed by atoms with van der Waals surface area (Å²) in [6, 6.07) is 11.3. The van der Waals surface area contributed by atoms with Crippen molar-refractivity contribution in [1.29, 1.82) is 0 Å². The van der Waals surface area contributed by atoms with E-state index in [4.69, 9.17) is 4.74 Å². The Bertz CT molecular complexity index is 684. The van der Waals surface area contributed by atoms with Crippen LogP contribution in [0, 0.1) is 6.92 Å². The lowest BCUT2D eigenvalue weighted by atomic mass is 10.0. The van der Waals surface area contributed by atoms with Crippen molar-refractivity contribution in [3.63, 3.8) is 0 Å². The van der Waals surface area contributed by atoms with Gasteiger partial charge in [0.05, 0.1) is 12.8 Å². The summed E-state index contributed by atoms with van der Waals surface area (Å²) in [5, 5.41) is 2.63. The minimum absolute atomic E-state index is 0.118. The van der Waals surface area contributed by atoms with Gasteiger partial charge in [-0.2, -0.15) is 0 Å². The van der Waals surface area contributed by atoms with E-state index in [1.807, 2.05) is 37.3 Å². The smallest absolute Gasteiger partial charge is 0.248 e. The van der Waals surface area contributed by atoms with E-state index in [0.717, 1.165) is 22.5 Å². The van der Waals surface area contributed by atoms with Crippen molar-refractivity contribution in [3.05, 3.63) is 42.0 Å². The second kappa shape index (κ2) is 7.17. The highest BCUT2D eigenvalue weighted by Crippen LogP contribution is 2.40. The predicted octanol–water partition coefficient (Wildman–Crippen LogP) is 4.05. The summed E-state index contributed by atoms with van der Waals surface area (Å²) < 4.78 is 27.4. The minimum atomic E-state index is -2.25. The van der Waals surface area contributed by atoms with E-state index in [9.17, 15) is 13.6 Å². The first-order chi connectivity index (χ1) is 10.9. The summed E-state index contributed by atoms with van der Waals surface area (Å²) >= 11 is 0. The first-order valence-electron chi connectivity index (χ1n) is 7.15. The van der Waals surface area contributed by atoms with Gasteiger partial charge >= 0.3 is 0 Å². The molecule has 122 valence electrons. The molecule has 1 amide bonds. The van der Waals surface area contributed by atoms with Crippen LogP contribution in [-0.4, -0.2) is 24.4 Å². The molecule has 23 heavy (non-hydrogen) atoms. The fraction of sp³-hybridized carbons (Fsp3) is 0.294. The van der Waals surface area contributed by atoms with Gasteiger partial charge < -0.3 is 10.1 Å². The largest absolute Gasteiger partial charge is 0.481 e. The van der Waals surface area contributed by atoms with Crippen LogP contribution in [0.5, 0.6) is 5.88 Å². The molecule has 1 fully saturated rings. The Balaban J connectivity index is 0.000000326. The molecule has 6 heteroatoms. The molecule has 1 saturated carbocycles. The molecule has 1 aliphatic rings. The molecule has 0 unspecified atom stereocenters. The van der Waals surface area contributed by atoms with E-state index in [2.05, 4.69) is 10.3 Å². The number of carbonyl (C=O) groups excluding carboxylic acids is 1. The minimum Gasteiger partial charge on any atom is -0.481 e. The number of pyridine rings is 1. The van der Waals surface area contributed by atoms with Crippen LogP contribution in [-0.2, 0) is 4.79 Å². The monoisotopic (exact) mass is 320 g/mol. The molecular formula is C17H18F2N2O2. The maximum Gasteiger partial charge on any atom is 0.248 e. The maximum absolute atomic E-state index is 11.1. The first kappa shape index (κ1) is 16.9. The topological polar surface area (TPSA) is 51.2 Å². The highest BCUT2D eigenvalue weighted by Gasteiger charge is 2.43. The van der Waals surface area contributed by atoms with Crippen LogP contribution in [0.15, 0.2) is 36.4 Å². The second-order valence-electron chi connectivity index (χ2n) is 5.21. The van der Waals surface area contributed by atoms with Gasteiger partial charge in [0.15, 0.2) is 0 Å². The Morgan fingerprint density at radius 2 is 1.96 bits per heavy atom. The number of methoxy groups -OCH3 is 1. The van der Waals surface area contributed by atoms with E-state index in [-0.39, 0.29) is 12.8 Å². The number of hydrogen-bond acceptors (Lipinski definition) is 3. The Kier molecular flexibility index (Phi) is 5.26. The van der Waals surface area contributed by atoms with Crippen molar-refractivity contribution in [2.45, 2.75) is 25.7 Å². The van der Waals surface area contributed by atoms with Crippen molar-refractivity contribution in [2.24, 2.45) is 0 Å². The lowest BCUT2D eigenvalue weighted by molar-refractivity contribution is -0.105. The fourth-order valence-corrected chi connectivity index (χ4v) is 1.83. The number of amides is 1. The number of carbonyl (C=O) groups is 1. The molecule has 0 saturated heterocycles. The zero-order valence-electron chi connectivity index (χ0n) is 13.0. The highest BCUT2D eigenvalue weighted by molar-refractivity contribution is 5.76. The summed E-state index contributed by atoms with van der Waals surface area (Å²) in [6.45, 7) is 2.00. The first-order valence-corrected chi connectivity index (χ1v) is 7.15. The summed E-state index contributed by atoms with van der Waals surface area (Å²) in [4.78, 5) is 14.8. The zero-order valence-corrected chi connectivity index (χ0v) is 13.0. The third-order valence-electron chi connectivity index (χ3n) is 3.30. The van der Waals surface area contributed by atoms with Gasteiger partial charge in [-0.25, -0.2) is 13.8 Å². The molecule has 0 spiro atoms. The van der Waals surface area contributed by atoms with Gasteiger partial charge in [0, 0.05) is 30.2 Å². The Hall–Kier alpha value is -2.50. The van der Waals surface area contributed by atoms with Crippen LogP contribution in [0.25, 0.3) is 11.3 Å². The van der Waals surface area contributed by atoms with Gasteiger partial charge in [0.2, 0.25) is 18.2 Å². The molecule has 0 atom stereocenters. The summed E-state index contributed by atoms with van der Waals surface area (Å²) in [5.41, 5.74) is 3.63. The van der Waals surface area contributed by atoms with Crippen molar-refractivity contribution in [1.82, 2.24) is 4.98 Å². The molecule has 4 nitrogen and oxygen atoms in total. The molecular weight excluding hydrogens is 302 g/mol. The highest BCUT2D eigenvalue weighted by atomic mass is 19.3. The van der Waals surface area contributed by atoms with Gasteiger partial charge in [0.1, 0.15) is 0 Å². The van der Waals surface area contributed by atoms with Crippen LogP contribution in [0.3, 0.4) is 0 Å². The maximum atomic E-state index is 11.1. The SMILES string of the molecule is COc1cccc(-c2cc(NC=O)ccc2C)n1.FC1(F)CC1. The average Bonchev–Trinajstić information content (AvgIpc) is 3.25. The summed E-state index contributed by atoms with van der Waals surface area (Å²) in [5.74, 6) is -1.68. The average molecular weight is 320 g/mol. The van der Waals surface area contributed by atoms with Crippen molar-refractivity contribution in [2.75, 3.05) is 12.4 Å². The number of aryl methyl sites for hydroxylation is 1. The zero-order chi connectivity index (χ0) is 16.9. The van der Waals surface area contributed by atoms with Crippen LogP contribution in [0.1, 0.15) is 18.4 Å². The number of benzene rings is 1. The third kappa shape index (κ3) is 5.02. The number of ether oxygens (including phenoxy) is 1. The Labute approximate surface area is 133 Å². The van der Waals surface area contributed by atoms with Gasteiger partial charge in [-0.05, 0) is 30.7 Å². The van der Waals surface area contributed by atoms with Crippen LogP contribution in [0.2, 0.25) is 0 Å². The van der Waals surface area contributed by atoms with Crippen LogP contribution in [0.4, 0.5) is 14.5 Å². The Morgan fingerprint density at radius 1 is 1.26 bits per heavy atom. The number of anilines is 1. The van der Waals surface area contributed by atoms with E-state index < -0.39 is 5.92 Å². The predicted molar refractivity (Wildman–Crippen MR) is 84.8 cm³/mol. The molecule has 1 aromatic heterocycles. The number of hydrogen-bond donors (Lipinski definition) is 1. The molecule has 1 aromatic carbocycles. The number of rotatable bonds is 4. The quantitative estimate of drug-likeness (QED) is 0.865. The fourth-order valence-electron chi connectivity index (χ4n) is 1.83. The molecule has 1 heterocycles. The standard InChI is InChI=1S/C14H14N2O2.C3H4F2/c1-10-6-7-11(15-9-17)8-12(10)13-4-3-5-14(16-13)18-2;4-3(5)1-2-3/h3-9H,1-2H3,(H,15,17);1-2H2. The summed E-state index contributed by atoms with van der Waals surface area (Å²) in [7, 11) is 1.59. The number of alkyl halides is 2. The number of nitrogens with zero attached hydrogens (tertiary/aromatic N) is 1. The van der Waals surface area contributed by atoms with Gasteiger partial charge in [0.25, 0.3) is 0 Å². The molecule has 0 bridgehead atoms. The molecule has 0 aliphatic heterocycles. The van der Waals surface area contributed by atoms with E-state index in [0.29, 0.717) is 12.3 Å². The lowest BCUT2D eigenvalue weighted by Gasteiger charge is -2.09. The van der Waals surface area contributed by atoms with Gasteiger partial charge in [-0.15, -0.1) is 0 Å². The third-order valence-corrected chi connectivity index (χ3v) is 3.30. The molecule has 0 radical (unpaired) electrons. The van der Waals surface area contributed by atoms with E-state index >= 15 is 0 Å². The lowest BCUT2D eigenvalue weighted by Crippen LogP contribution is -1.96. The number of halogens is 2. The normalized spacial score (nSPS) is 14.3. The van der Waals surface area contributed by atoms with Gasteiger partial charge in [-0.1, -0.05) is 12.1 Å². The molecule has 2 aromatic rings. The number of nitrogens with one attached hydrogen (secondary N) is 1. The van der Waals surface area contributed by atoms with Crippen molar-refractivity contribution < 1.29 is 18.3 Å². The summed E-state index contributed by atoms with van der Waals surface area (Å²) in [6.07, 6.45) is 0.896. The molecule has 1 N–H and O–H groups in total. The van der Waals surface area contributed by atoms with E-state index in [1.54, 1.807) is 13.2 Å². The van der Waals surface area contributed by atoms with Crippen LogP contribution >= 0.6 is 0 Å².